The Morgan fingerprint density at radius 3 is 2.95 bits per heavy atom. The fourth-order valence-electron chi connectivity index (χ4n) is 2.40. The summed E-state index contributed by atoms with van der Waals surface area (Å²) < 4.78 is 26.2. The van der Waals surface area contributed by atoms with Crippen molar-refractivity contribution in [1.82, 2.24) is 9.55 Å². The van der Waals surface area contributed by atoms with Gasteiger partial charge in [-0.15, -0.1) is 0 Å². The Kier molecular flexibility index (Phi) is 3.96. The summed E-state index contributed by atoms with van der Waals surface area (Å²) in [5.74, 6) is 0.937. The normalized spacial score (nSPS) is 14.8. The number of hydrogen-bond donors (Lipinski definition) is 1. The van der Waals surface area contributed by atoms with Crippen LogP contribution in [0.5, 0.6) is 5.75 Å². The van der Waals surface area contributed by atoms with Crippen LogP contribution < -0.4 is 10.5 Å². The van der Waals surface area contributed by atoms with E-state index in [4.69, 9.17) is 15.2 Å². The second kappa shape index (κ2) is 5.89. The van der Waals surface area contributed by atoms with Gasteiger partial charge in [-0.3, -0.25) is 0 Å². The molecule has 3 rings (SSSR count). The average Bonchev–Trinajstić information content (AvgIpc) is 3.23. The van der Waals surface area contributed by atoms with Crippen LogP contribution in [0.15, 0.2) is 12.1 Å². The quantitative estimate of drug-likeness (QED) is 0.797. The van der Waals surface area contributed by atoms with Crippen molar-refractivity contribution in [3.8, 4) is 5.75 Å². The van der Waals surface area contributed by atoms with Crippen LogP contribution in [0, 0.1) is 11.7 Å². The van der Waals surface area contributed by atoms with Gasteiger partial charge in [-0.2, -0.15) is 0 Å². The molecule has 1 saturated carbocycles. The van der Waals surface area contributed by atoms with Crippen LogP contribution in [-0.2, 0) is 11.3 Å². The fourth-order valence-corrected chi connectivity index (χ4v) is 2.40. The summed E-state index contributed by atoms with van der Waals surface area (Å²) in [6, 6.07) is 2.99. The summed E-state index contributed by atoms with van der Waals surface area (Å²) >= 11 is 0. The summed E-state index contributed by atoms with van der Waals surface area (Å²) in [4.78, 5) is 4.19. The van der Waals surface area contributed by atoms with E-state index in [0.29, 0.717) is 24.6 Å². The number of hydrogen-bond acceptors (Lipinski definition) is 4. The Labute approximate surface area is 122 Å². The van der Waals surface area contributed by atoms with E-state index in [1.807, 2.05) is 4.57 Å². The third kappa shape index (κ3) is 3.10. The smallest absolute Gasteiger partial charge is 0.201 e. The van der Waals surface area contributed by atoms with E-state index in [-0.39, 0.29) is 5.75 Å². The molecule has 1 aliphatic carbocycles. The molecule has 2 N–H and O–H groups in total. The van der Waals surface area contributed by atoms with Gasteiger partial charge < -0.3 is 19.8 Å². The van der Waals surface area contributed by atoms with Gasteiger partial charge in [0.1, 0.15) is 0 Å². The van der Waals surface area contributed by atoms with Crippen LogP contribution in [0.4, 0.5) is 10.3 Å². The van der Waals surface area contributed by atoms with Crippen LogP contribution in [0.1, 0.15) is 19.3 Å². The zero-order valence-corrected chi connectivity index (χ0v) is 12.1. The molecule has 2 aromatic rings. The van der Waals surface area contributed by atoms with E-state index in [0.717, 1.165) is 24.5 Å². The number of aromatic nitrogens is 2. The zero-order valence-electron chi connectivity index (χ0n) is 12.1. The van der Waals surface area contributed by atoms with Gasteiger partial charge in [0.05, 0.1) is 18.1 Å². The van der Waals surface area contributed by atoms with Gasteiger partial charge in [-0.1, -0.05) is 0 Å². The predicted molar refractivity (Wildman–Crippen MR) is 78.8 cm³/mol. The summed E-state index contributed by atoms with van der Waals surface area (Å²) in [6.07, 6.45) is 3.44. The first-order chi connectivity index (χ1) is 10.2. The Morgan fingerprint density at radius 1 is 1.43 bits per heavy atom. The van der Waals surface area contributed by atoms with Crippen molar-refractivity contribution in [2.45, 2.75) is 25.8 Å². The maximum atomic E-state index is 13.7. The number of nitrogen functional groups attached to an aromatic ring is 1. The number of anilines is 1. The minimum atomic E-state index is -0.428. The first-order valence-corrected chi connectivity index (χ1v) is 7.26. The maximum Gasteiger partial charge on any atom is 0.201 e. The van der Waals surface area contributed by atoms with Crippen LogP contribution in [0.25, 0.3) is 11.0 Å². The van der Waals surface area contributed by atoms with Crippen molar-refractivity contribution in [2.75, 3.05) is 26.1 Å². The third-order valence-corrected chi connectivity index (χ3v) is 3.77. The van der Waals surface area contributed by atoms with Crippen molar-refractivity contribution in [3.63, 3.8) is 0 Å². The second-order valence-electron chi connectivity index (χ2n) is 5.47. The number of halogens is 1. The van der Waals surface area contributed by atoms with Gasteiger partial charge in [-0.05, 0) is 25.2 Å². The molecular formula is C15H20FN3O2. The van der Waals surface area contributed by atoms with E-state index in [2.05, 4.69) is 4.98 Å². The lowest BCUT2D eigenvalue weighted by Gasteiger charge is -2.08. The minimum absolute atomic E-state index is 0.202. The average molecular weight is 293 g/mol. The third-order valence-electron chi connectivity index (χ3n) is 3.77. The number of rotatable bonds is 7. The highest BCUT2D eigenvalue weighted by Gasteiger charge is 2.21. The number of nitrogens with zero attached hydrogens (tertiary/aromatic N) is 2. The summed E-state index contributed by atoms with van der Waals surface area (Å²) in [5, 5.41) is 0. The number of fused-ring (bicyclic) bond motifs is 1. The molecule has 0 spiro atoms. The predicted octanol–water partition coefficient (Wildman–Crippen LogP) is 2.58. The second-order valence-corrected chi connectivity index (χ2v) is 5.47. The molecule has 1 aromatic carbocycles. The minimum Gasteiger partial charge on any atom is -0.494 e. The fraction of sp³-hybridized carbons (Fsp3) is 0.533. The number of ether oxygens (including phenoxy) is 2. The van der Waals surface area contributed by atoms with E-state index in [1.54, 1.807) is 6.07 Å². The molecule has 0 unspecified atom stereocenters. The molecule has 1 aliphatic rings. The Balaban J connectivity index is 1.69. The molecule has 114 valence electrons. The summed E-state index contributed by atoms with van der Waals surface area (Å²) in [7, 11) is 1.44. The Bertz CT molecular complexity index is 637. The molecule has 0 atom stereocenters. The highest BCUT2D eigenvalue weighted by atomic mass is 19.1. The molecule has 0 radical (unpaired) electrons. The lowest BCUT2D eigenvalue weighted by molar-refractivity contribution is 0.119. The van der Waals surface area contributed by atoms with E-state index < -0.39 is 5.82 Å². The standard InChI is InChI=1S/C15H20FN3O2/c1-20-14-8-13-12(7-11(14)16)18-15(17)19(13)5-2-6-21-9-10-3-4-10/h7-8,10H,2-6,9H2,1H3,(H2,17,18). The number of nitrogens with two attached hydrogens (primary N) is 1. The van der Waals surface area contributed by atoms with Crippen LogP contribution in [-0.4, -0.2) is 29.9 Å². The van der Waals surface area contributed by atoms with Gasteiger partial charge in [-0.25, -0.2) is 9.37 Å². The first-order valence-electron chi connectivity index (χ1n) is 7.26. The van der Waals surface area contributed by atoms with Crippen LogP contribution in [0.2, 0.25) is 0 Å². The molecule has 1 aromatic heterocycles. The monoisotopic (exact) mass is 293 g/mol. The highest BCUT2D eigenvalue weighted by molar-refractivity contribution is 5.80. The molecule has 21 heavy (non-hydrogen) atoms. The topological polar surface area (TPSA) is 62.3 Å². The van der Waals surface area contributed by atoms with Crippen LogP contribution in [0.3, 0.4) is 0 Å². The largest absolute Gasteiger partial charge is 0.494 e. The number of methoxy groups -OCH3 is 1. The van der Waals surface area contributed by atoms with Crippen molar-refractivity contribution >= 4 is 17.0 Å². The SMILES string of the molecule is COc1cc2c(cc1F)nc(N)n2CCCOCC1CC1. The van der Waals surface area contributed by atoms with Crippen LogP contribution >= 0.6 is 0 Å². The Morgan fingerprint density at radius 2 is 2.24 bits per heavy atom. The van der Waals surface area contributed by atoms with E-state index >= 15 is 0 Å². The summed E-state index contributed by atoms with van der Waals surface area (Å²) in [5.41, 5.74) is 7.25. The molecule has 0 aliphatic heterocycles. The van der Waals surface area contributed by atoms with E-state index in [1.165, 1.54) is 26.0 Å². The zero-order chi connectivity index (χ0) is 14.8. The maximum absolute atomic E-state index is 13.7. The molecular weight excluding hydrogens is 273 g/mol. The Hall–Kier alpha value is -1.82. The van der Waals surface area contributed by atoms with Gasteiger partial charge in [0.2, 0.25) is 5.95 Å². The van der Waals surface area contributed by atoms with Crippen molar-refractivity contribution in [2.24, 2.45) is 5.92 Å². The van der Waals surface area contributed by atoms with Crippen molar-refractivity contribution in [1.29, 1.82) is 0 Å². The molecule has 6 heteroatoms. The molecule has 0 saturated heterocycles. The van der Waals surface area contributed by atoms with Crippen molar-refractivity contribution in [3.05, 3.63) is 17.9 Å². The molecule has 5 nitrogen and oxygen atoms in total. The first kappa shape index (κ1) is 14.1. The lowest BCUT2D eigenvalue weighted by atomic mass is 10.2. The number of imidazole rings is 1. The molecule has 0 bridgehead atoms. The van der Waals surface area contributed by atoms with Gasteiger partial charge in [0.25, 0.3) is 0 Å². The van der Waals surface area contributed by atoms with Gasteiger partial charge in [0.15, 0.2) is 11.6 Å². The highest BCUT2D eigenvalue weighted by Crippen LogP contribution is 2.29. The summed E-state index contributed by atoms with van der Waals surface area (Å²) in [6.45, 7) is 2.26. The number of benzene rings is 1. The van der Waals surface area contributed by atoms with Gasteiger partial charge in [0, 0.05) is 31.9 Å². The molecule has 0 amide bonds. The van der Waals surface area contributed by atoms with Crippen molar-refractivity contribution < 1.29 is 13.9 Å². The molecule has 1 heterocycles. The molecule has 1 fully saturated rings. The van der Waals surface area contributed by atoms with Gasteiger partial charge >= 0.3 is 0 Å². The lowest BCUT2D eigenvalue weighted by Crippen LogP contribution is -2.07. The number of aryl methyl sites for hydroxylation is 1. The van der Waals surface area contributed by atoms with E-state index in [9.17, 15) is 4.39 Å².